The molecule has 2 N–H and O–H groups in total. The van der Waals surface area contributed by atoms with Gasteiger partial charge in [0.15, 0.2) is 0 Å². The molecule has 4 aliphatic carbocycles. The molecule has 4 nitrogen and oxygen atoms in total. The molecular formula is C22H29ClN2O2. The van der Waals surface area contributed by atoms with Crippen molar-refractivity contribution in [2.75, 3.05) is 11.9 Å². The number of nitrogens with one attached hydrogen (secondary N) is 2. The van der Waals surface area contributed by atoms with Crippen LogP contribution >= 0.6 is 11.6 Å². The zero-order chi connectivity index (χ0) is 19.4. The lowest BCUT2D eigenvalue weighted by atomic mass is 9.49. The van der Waals surface area contributed by atoms with Gasteiger partial charge in [0.05, 0.1) is 12.0 Å². The van der Waals surface area contributed by atoms with Crippen molar-refractivity contribution in [3.05, 3.63) is 28.8 Å². The molecule has 5 heteroatoms. The normalized spacial score (nSPS) is 33.8. The van der Waals surface area contributed by atoms with Gasteiger partial charge < -0.3 is 10.6 Å². The Morgan fingerprint density at radius 2 is 1.67 bits per heavy atom. The second-order valence-electron chi connectivity index (χ2n) is 9.40. The minimum Gasteiger partial charge on any atom is -0.347 e. The number of carbonyl (C=O) groups is 2. The van der Waals surface area contributed by atoms with Crippen LogP contribution in [-0.4, -0.2) is 23.2 Å². The van der Waals surface area contributed by atoms with E-state index in [2.05, 4.69) is 22.8 Å². The van der Waals surface area contributed by atoms with E-state index in [0.717, 1.165) is 48.9 Å². The van der Waals surface area contributed by atoms with Gasteiger partial charge in [0.2, 0.25) is 11.8 Å². The molecule has 4 saturated carbocycles. The van der Waals surface area contributed by atoms with Crippen LogP contribution in [0.1, 0.15) is 55.2 Å². The third kappa shape index (κ3) is 3.49. The van der Waals surface area contributed by atoms with Gasteiger partial charge in [0.25, 0.3) is 0 Å². The van der Waals surface area contributed by atoms with Gasteiger partial charge in [0.1, 0.15) is 0 Å². The Bertz CT molecular complexity index is 766. The quantitative estimate of drug-likeness (QED) is 0.758. The summed E-state index contributed by atoms with van der Waals surface area (Å²) in [5, 5.41) is 5.88. The SMILES string of the molecule is Cc1cc(C)c(NC(=O)CNC(=O)C23C[C@@H]4C[C@@H](CC(Cl)(C4)C2)C3)c(C)c1. The first-order chi connectivity index (χ1) is 12.7. The van der Waals surface area contributed by atoms with Crippen molar-refractivity contribution < 1.29 is 9.59 Å². The maximum atomic E-state index is 13.0. The number of anilines is 1. The zero-order valence-corrected chi connectivity index (χ0v) is 17.2. The Hall–Kier alpha value is -1.55. The number of alkyl halides is 1. The minimum absolute atomic E-state index is 0.0119. The Labute approximate surface area is 166 Å². The van der Waals surface area contributed by atoms with Crippen LogP contribution in [0.5, 0.6) is 0 Å². The van der Waals surface area contributed by atoms with Gasteiger partial charge in [-0.1, -0.05) is 17.7 Å². The first kappa shape index (κ1) is 18.8. The van der Waals surface area contributed by atoms with E-state index >= 15 is 0 Å². The molecule has 146 valence electrons. The van der Waals surface area contributed by atoms with Crippen molar-refractivity contribution in [1.29, 1.82) is 0 Å². The Morgan fingerprint density at radius 1 is 1.07 bits per heavy atom. The molecule has 4 atom stereocenters. The Morgan fingerprint density at radius 3 is 2.22 bits per heavy atom. The van der Waals surface area contributed by atoms with Gasteiger partial charge in [-0.15, -0.1) is 11.6 Å². The Kier molecular flexibility index (Phi) is 4.53. The molecule has 0 heterocycles. The highest BCUT2D eigenvalue weighted by Crippen LogP contribution is 2.63. The highest BCUT2D eigenvalue weighted by Gasteiger charge is 2.60. The van der Waals surface area contributed by atoms with E-state index in [1.165, 1.54) is 12.0 Å². The van der Waals surface area contributed by atoms with E-state index in [9.17, 15) is 9.59 Å². The number of rotatable bonds is 4. The van der Waals surface area contributed by atoms with Crippen LogP contribution in [0.3, 0.4) is 0 Å². The fourth-order valence-corrected chi connectivity index (χ4v) is 7.02. The number of amides is 2. The summed E-state index contributed by atoms with van der Waals surface area (Å²) in [6.07, 6.45) is 5.94. The van der Waals surface area contributed by atoms with E-state index in [0.29, 0.717) is 11.8 Å². The molecule has 27 heavy (non-hydrogen) atoms. The molecule has 1 aromatic rings. The lowest BCUT2D eigenvalue weighted by molar-refractivity contribution is -0.145. The summed E-state index contributed by atoms with van der Waals surface area (Å²) in [4.78, 5) is 25.3. The molecule has 0 spiro atoms. The zero-order valence-electron chi connectivity index (χ0n) is 16.5. The molecule has 5 rings (SSSR count). The standard InChI is InChI=1S/C22H29ClN2O2/c1-13-4-14(2)19(15(3)5-13)25-18(26)11-24-20(27)21-7-16-6-17(8-21)10-22(23,9-16)12-21/h4-5,16-17H,6-12H2,1-3H3,(H,24,27)(H,25,26)/t16-,17+,21?,22?. The van der Waals surface area contributed by atoms with Crippen molar-refractivity contribution in [3.63, 3.8) is 0 Å². The summed E-state index contributed by atoms with van der Waals surface area (Å²) in [5.41, 5.74) is 3.74. The first-order valence-electron chi connectivity index (χ1n) is 10.0. The van der Waals surface area contributed by atoms with Gasteiger partial charge in [-0.25, -0.2) is 0 Å². The van der Waals surface area contributed by atoms with Crippen molar-refractivity contribution in [2.24, 2.45) is 17.3 Å². The molecule has 0 saturated heterocycles. The van der Waals surface area contributed by atoms with Gasteiger partial charge >= 0.3 is 0 Å². The Balaban J connectivity index is 1.39. The predicted octanol–water partition coefficient (Wildman–Crippen LogP) is 4.24. The molecule has 0 aliphatic heterocycles. The first-order valence-corrected chi connectivity index (χ1v) is 10.4. The van der Waals surface area contributed by atoms with E-state index in [1.807, 2.05) is 20.8 Å². The largest absolute Gasteiger partial charge is 0.347 e. The molecule has 2 unspecified atom stereocenters. The number of benzene rings is 1. The molecule has 4 bridgehead atoms. The summed E-state index contributed by atoms with van der Waals surface area (Å²) < 4.78 is 0. The number of hydrogen-bond donors (Lipinski definition) is 2. The molecule has 4 aliphatic rings. The predicted molar refractivity (Wildman–Crippen MR) is 108 cm³/mol. The van der Waals surface area contributed by atoms with Crippen LogP contribution in [0.2, 0.25) is 0 Å². The summed E-state index contributed by atoms with van der Waals surface area (Å²) in [6.45, 7) is 6.03. The second kappa shape index (κ2) is 6.51. The van der Waals surface area contributed by atoms with Crippen molar-refractivity contribution in [2.45, 2.75) is 64.2 Å². The summed E-state index contributed by atoms with van der Waals surface area (Å²) in [7, 11) is 0. The van der Waals surface area contributed by atoms with Crippen LogP contribution in [0.4, 0.5) is 5.69 Å². The number of hydrogen-bond acceptors (Lipinski definition) is 2. The molecular weight excluding hydrogens is 360 g/mol. The van der Waals surface area contributed by atoms with E-state index in [1.54, 1.807) is 0 Å². The summed E-state index contributed by atoms with van der Waals surface area (Å²) in [6, 6.07) is 4.10. The van der Waals surface area contributed by atoms with Crippen LogP contribution in [0.15, 0.2) is 12.1 Å². The molecule has 4 fully saturated rings. The van der Waals surface area contributed by atoms with Gasteiger partial charge in [-0.3, -0.25) is 9.59 Å². The molecule has 1 aromatic carbocycles. The van der Waals surface area contributed by atoms with E-state index in [-0.39, 0.29) is 28.6 Å². The molecule has 2 amide bonds. The number of carbonyl (C=O) groups excluding carboxylic acids is 2. The summed E-state index contributed by atoms with van der Waals surface area (Å²) >= 11 is 6.82. The van der Waals surface area contributed by atoms with E-state index < -0.39 is 0 Å². The number of halogens is 1. The van der Waals surface area contributed by atoms with Crippen LogP contribution < -0.4 is 10.6 Å². The van der Waals surface area contributed by atoms with Crippen molar-refractivity contribution in [1.82, 2.24) is 5.32 Å². The smallest absolute Gasteiger partial charge is 0.243 e. The lowest BCUT2D eigenvalue weighted by Gasteiger charge is -2.59. The maximum absolute atomic E-state index is 13.0. The van der Waals surface area contributed by atoms with E-state index in [4.69, 9.17) is 11.6 Å². The minimum atomic E-state index is -0.359. The lowest BCUT2D eigenvalue weighted by Crippen LogP contribution is -2.58. The maximum Gasteiger partial charge on any atom is 0.243 e. The average Bonchev–Trinajstić information content (AvgIpc) is 2.53. The monoisotopic (exact) mass is 388 g/mol. The van der Waals surface area contributed by atoms with Gasteiger partial charge in [0, 0.05) is 10.6 Å². The van der Waals surface area contributed by atoms with Gasteiger partial charge in [-0.2, -0.15) is 0 Å². The topological polar surface area (TPSA) is 58.2 Å². The van der Waals surface area contributed by atoms with Crippen LogP contribution in [0, 0.1) is 38.0 Å². The highest BCUT2D eigenvalue weighted by atomic mass is 35.5. The third-order valence-electron chi connectivity index (χ3n) is 6.82. The second-order valence-corrected chi connectivity index (χ2v) is 10.2. The summed E-state index contributed by atoms with van der Waals surface area (Å²) in [5.74, 6) is 0.986. The van der Waals surface area contributed by atoms with Crippen molar-refractivity contribution in [3.8, 4) is 0 Å². The van der Waals surface area contributed by atoms with Gasteiger partial charge in [-0.05, 0) is 82.3 Å². The fourth-order valence-electron chi connectivity index (χ4n) is 6.33. The average molecular weight is 389 g/mol. The number of aryl methyl sites for hydroxylation is 3. The van der Waals surface area contributed by atoms with Crippen LogP contribution in [0.25, 0.3) is 0 Å². The molecule has 0 radical (unpaired) electrons. The highest BCUT2D eigenvalue weighted by molar-refractivity contribution is 6.24. The third-order valence-corrected chi connectivity index (χ3v) is 7.26. The fraction of sp³-hybridized carbons (Fsp3) is 0.636. The van der Waals surface area contributed by atoms with Crippen molar-refractivity contribution >= 4 is 29.1 Å². The van der Waals surface area contributed by atoms with Crippen LogP contribution in [-0.2, 0) is 9.59 Å². The molecule has 0 aromatic heterocycles.